The van der Waals surface area contributed by atoms with E-state index < -0.39 is 0 Å². The average Bonchev–Trinajstić information content (AvgIpc) is 3.64. The number of fused-ring (bicyclic) bond motifs is 1. The van der Waals surface area contributed by atoms with Gasteiger partial charge in [-0.05, 0) is 67.7 Å². The van der Waals surface area contributed by atoms with Crippen LogP contribution >= 0.6 is 0 Å². The van der Waals surface area contributed by atoms with E-state index in [9.17, 15) is 4.79 Å². The van der Waals surface area contributed by atoms with Crippen molar-refractivity contribution < 1.29 is 0 Å². The molecule has 0 aliphatic heterocycles. The molecule has 35 heavy (non-hydrogen) atoms. The minimum atomic E-state index is 0.0920. The van der Waals surface area contributed by atoms with Crippen molar-refractivity contribution in [3.8, 4) is 11.8 Å². The van der Waals surface area contributed by atoms with Crippen molar-refractivity contribution in [2.45, 2.75) is 33.1 Å². The first kappa shape index (κ1) is 23.8. The number of benzene rings is 2. The summed E-state index contributed by atoms with van der Waals surface area (Å²) in [6, 6.07) is 18.3. The molecule has 0 amide bonds. The molecule has 0 bridgehead atoms. The number of anilines is 3. The fourth-order valence-corrected chi connectivity index (χ4v) is 4.16. The van der Waals surface area contributed by atoms with Gasteiger partial charge in [0.25, 0.3) is 5.56 Å². The minimum absolute atomic E-state index is 0.0920. The molecule has 8 nitrogen and oxygen atoms in total. The van der Waals surface area contributed by atoms with Crippen molar-refractivity contribution in [3.05, 3.63) is 81.3 Å². The molecule has 0 atom stereocenters. The second kappa shape index (κ2) is 9.85. The lowest BCUT2D eigenvalue weighted by Crippen LogP contribution is -2.23. The Morgan fingerprint density at radius 2 is 1.71 bits per heavy atom. The monoisotopic (exact) mass is 467 g/mol. The number of nitriles is 1. The molecule has 0 saturated heterocycles. The zero-order valence-electron chi connectivity index (χ0n) is 20.2. The first-order chi connectivity index (χ1) is 16.8. The Morgan fingerprint density at radius 3 is 2.31 bits per heavy atom. The Morgan fingerprint density at radius 1 is 1.06 bits per heavy atom. The normalized spacial score (nSPS) is 12.5. The Balaban J connectivity index is 0.000000204. The number of nitrogens with two attached hydrogens (primary N) is 2. The number of nitrogen functional groups attached to an aromatic ring is 2. The third kappa shape index (κ3) is 4.94. The van der Waals surface area contributed by atoms with E-state index in [-0.39, 0.29) is 22.8 Å². The molecule has 4 aromatic rings. The van der Waals surface area contributed by atoms with Crippen molar-refractivity contribution >= 4 is 28.4 Å². The molecule has 2 heterocycles. The number of hydrogen-bond donors (Lipinski definition) is 3. The van der Waals surface area contributed by atoms with Crippen LogP contribution in [0.1, 0.15) is 35.2 Å². The maximum atomic E-state index is 13.3. The summed E-state index contributed by atoms with van der Waals surface area (Å²) in [5, 5.41) is 13.1. The van der Waals surface area contributed by atoms with Gasteiger partial charge in [-0.2, -0.15) is 15.2 Å². The molecule has 0 radical (unpaired) electrons. The Labute approximate surface area is 204 Å². The van der Waals surface area contributed by atoms with Crippen molar-refractivity contribution in [3.63, 3.8) is 0 Å². The van der Waals surface area contributed by atoms with E-state index in [1.54, 1.807) is 7.05 Å². The van der Waals surface area contributed by atoms with Crippen LogP contribution in [0.5, 0.6) is 0 Å². The summed E-state index contributed by atoms with van der Waals surface area (Å²) in [7, 11) is 1.64. The predicted molar refractivity (Wildman–Crippen MR) is 141 cm³/mol. The zero-order valence-corrected chi connectivity index (χ0v) is 20.2. The lowest BCUT2D eigenvalue weighted by atomic mass is 10.0. The second-order valence-corrected chi connectivity index (χ2v) is 8.80. The number of pyridine rings is 1. The molecule has 2 aromatic carbocycles. The highest BCUT2D eigenvalue weighted by Crippen LogP contribution is 2.33. The molecule has 8 heteroatoms. The van der Waals surface area contributed by atoms with Crippen LogP contribution in [0.25, 0.3) is 16.5 Å². The number of aromatic nitrogens is 3. The molecule has 2 aromatic heterocycles. The first-order valence-electron chi connectivity index (χ1n) is 11.5. The van der Waals surface area contributed by atoms with Crippen molar-refractivity contribution in [2.75, 3.05) is 23.8 Å². The summed E-state index contributed by atoms with van der Waals surface area (Å²) >= 11 is 0. The van der Waals surface area contributed by atoms with Crippen LogP contribution in [0.4, 0.5) is 17.6 Å². The largest absolute Gasteiger partial charge is 0.382 e. The van der Waals surface area contributed by atoms with Crippen LogP contribution in [-0.2, 0) is 6.42 Å². The van der Waals surface area contributed by atoms with Crippen molar-refractivity contribution in [1.82, 2.24) is 14.5 Å². The molecule has 178 valence electrons. The summed E-state index contributed by atoms with van der Waals surface area (Å²) in [5.41, 5.74) is 15.4. The SMILES string of the molecule is CNc1nc(N)c(C#N)c(N)n1.Cc1ccccc1-n1c(CC2CC2)cc2cccc(C)c2c1=O. The van der Waals surface area contributed by atoms with Gasteiger partial charge in [0.2, 0.25) is 5.95 Å². The van der Waals surface area contributed by atoms with Gasteiger partial charge in [0, 0.05) is 12.7 Å². The maximum absolute atomic E-state index is 13.3. The topological polar surface area (TPSA) is 136 Å². The third-order valence-corrected chi connectivity index (χ3v) is 6.18. The molecular weight excluding hydrogens is 438 g/mol. The summed E-state index contributed by atoms with van der Waals surface area (Å²) in [4.78, 5) is 20.8. The molecule has 1 saturated carbocycles. The lowest BCUT2D eigenvalue weighted by Gasteiger charge is -2.17. The summed E-state index contributed by atoms with van der Waals surface area (Å²) in [6.45, 7) is 4.09. The van der Waals surface area contributed by atoms with Crippen LogP contribution in [0.3, 0.4) is 0 Å². The van der Waals surface area contributed by atoms with E-state index in [1.165, 1.54) is 12.8 Å². The quantitative estimate of drug-likeness (QED) is 0.411. The minimum Gasteiger partial charge on any atom is -0.382 e. The van der Waals surface area contributed by atoms with E-state index in [1.807, 2.05) is 41.8 Å². The predicted octanol–water partition coefficient (Wildman–Crippen LogP) is 4.11. The van der Waals surface area contributed by atoms with Crippen LogP contribution in [0.2, 0.25) is 0 Å². The molecule has 1 aliphatic rings. The van der Waals surface area contributed by atoms with E-state index >= 15 is 0 Å². The highest BCUT2D eigenvalue weighted by atomic mass is 16.1. The summed E-state index contributed by atoms with van der Waals surface area (Å²) in [6.07, 6.45) is 3.56. The molecular formula is C27H29N7O. The number of para-hydroxylation sites is 1. The van der Waals surface area contributed by atoms with Crippen LogP contribution in [0.15, 0.2) is 53.3 Å². The van der Waals surface area contributed by atoms with E-state index in [4.69, 9.17) is 16.7 Å². The number of hydrogen-bond acceptors (Lipinski definition) is 7. The van der Waals surface area contributed by atoms with E-state index in [0.29, 0.717) is 5.95 Å². The Bertz CT molecular complexity index is 1470. The molecule has 0 unspecified atom stereocenters. The van der Waals surface area contributed by atoms with Gasteiger partial charge >= 0.3 is 0 Å². The van der Waals surface area contributed by atoms with Crippen molar-refractivity contribution in [1.29, 1.82) is 5.26 Å². The van der Waals surface area contributed by atoms with Crippen molar-refractivity contribution in [2.24, 2.45) is 5.92 Å². The number of nitrogens with zero attached hydrogens (tertiary/aromatic N) is 4. The molecule has 5 N–H and O–H groups in total. The van der Waals surface area contributed by atoms with Gasteiger partial charge in [0.15, 0.2) is 0 Å². The van der Waals surface area contributed by atoms with Gasteiger partial charge in [0.05, 0.1) is 11.1 Å². The third-order valence-electron chi connectivity index (χ3n) is 6.18. The smallest absolute Gasteiger partial charge is 0.263 e. The Hall–Kier alpha value is -4.38. The highest BCUT2D eigenvalue weighted by molar-refractivity contribution is 5.85. The zero-order chi connectivity index (χ0) is 25.1. The average molecular weight is 468 g/mol. The van der Waals surface area contributed by atoms with E-state index in [0.717, 1.165) is 45.6 Å². The van der Waals surface area contributed by atoms with E-state index in [2.05, 4.69) is 46.5 Å². The van der Waals surface area contributed by atoms with Crippen LogP contribution in [0, 0.1) is 31.1 Å². The van der Waals surface area contributed by atoms with Gasteiger partial charge in [-0.3, -0.25) is 9.36 Å². The molecule has 0 spiro atoms. The summed E-state index contributed by atoms with van der Waals surface area (Å²) in [5.74, 6) is 1.24. The molecule has 5 rings (SSSR count). The standard InChI is InChI=1S/C21H21NO.C6H8N6/c1-14-6-3-4-9-19(14)22-18(12-16-10-11-16)13-17-8-5-7-15(2)20(17)21(22)23;1-10-6-11-4(8)3(2-7)5(9)12-6/h3-9,13,16H,10-12H2,1-2H3;1H3,(H5,8,9,10,11,12). The number of aryl methyl sites for hydroxylation is 2. The second-order valence-electron chi connectivity index (χ2n) is 8.80. The van der Waals surface area contributed by atoms with Gasteiger partial charge < -0.3 is 16.8 Å². The molecule has 1 fully saturated rings. The Kier molecular flexibility index (Phi) is 6.69. The maximum Gasteiger partial charge on any atom is 0.263 e. The summed E-state index contributed by atoms with van der Waals surface area (Å²) < 4.78 is 1.95. The van der Waals surface area contributed by atoms with Gasteiger partial charge in [-0.1, -0.05) is 36.4 Å². The van der Waals surface area contributed by atoms with Crippen LogP contribution < -0.4 is 22.3 Å². The molecule has 1 aliphatic carbocycles. The van der Waals surface area contributed by atoms with Gasteiger partial charge in [-0.25, -0.2) is 0 Å². The number of nitrogens with one attached hydrogen (secondary N) is 1. The lowest BCUT2D eigenvalue weighted by molar-refractivity contribution is 0.761. The van der Waals surface area contributed by atoms with Gasteiger partial charge in [-0.15, -0.1) is 0 Å². The first-order valence-corrected chi connectivity index (χ1v) is 11.5. The van der Waals surface area contributed by atoms with Crippen LogP contribution in [-0.4, -0.2) is 21.6 Å². The fraction of sp³-hybridized carbons (Fsp3) is 0.259. The fourth-order valence-electron chi connectivity index (χ4n) is 4.16. The highest BCUT2D eigenvalue weighted by Gasteiger charge is 2.24. The van der Waals surface area contributed by atoms with Gasteiger partial charge in [0.1, 0.15) is 23.3 Å². The number of rotatable bonds is 4.